The van der Waals surface area contributed by atoms with E-state index >= 15 is 0 Å². The van der Waals surface area contributed by atoms with E-state index in [1.54, 1.807) is 18.4 Å². The van der Waals surface area contributed by atoms with Gasteiger partial charge in [-0.15, -0.1) is 0 Å². The van der Waals surface area contributed by atoms with Crippen molar-refractivity contribution in [2.45, 2.75) is 39.2 Å². The minimum atomic E-state index is -0.838. The van der Waals surface area contributed by atoms with E-state index in [0.717, 1.165) is 18.5 Å². The molecule has 2 atom stereocenters. The van der Waals surface area contributed by atoms with Crippen molar-refractivity contribution in [3.63, 3.8) is 0 Å². The molecule has 0 aliphatic rings. The lowest BCUT2D eigenvalue weighted by molar-refractivity contribution is 0.0939. The number of amides is 1. The Kier molecular flexibility index (Phi) is 7.16. The lowest BCUT2D eigenvalue weighted by Gasteiger charge is -2.13. The number of carbonyl (C=O) groups is 1. The van der Waals surface area contributed by atoms with Gasteiger partial charge in [-0.3, -0.25) is 9.00 Å². The third kappa shape index (κ3) is 6.01. The quantitative estimate of drug-likeness (QED) is 0.787. The van der Waals surface area contributed by atoms with Crippen molar-refractivity contribution in [3.8, 4) is 0 Å². The Hall–Kier alpha value is -0.940. The highest BCUT2D eigenvalue weighted by Crippen LogP contribution is 2.12. The van der Waals surface area contributed by atoms with Gasteiger partial charge in [0.15, 0.2) is 0 Å². The van der Waals surface area contributed by atoms with Gasteiger partial charge in [0.05, 0.1) is 0 Å². The number of nitrogens with zero attached hydrogens (tertiary/aromatic N) is 1. The van der Waals surface area contributed by atoms with Crippen LogP contribution in [0, 0.1) is 0 Å². The highest BCUT2D eigenvalue weighted by Gasteiger charge is 2.12. The second kappa shape index (κ2) is 8.37. The molecule has 0 fully saturated rings. The van der Waals surface area contributed by atoms with E-state index in [2.05, 4.69) is 17.2 Å². The molecule has 0 saturated carbocycles. The van der Waals surface area contributed by atoms with Gasteiger partial charge in [-0.25, -0.2) is 4.98 Å². The van der Waals surface area contributed by atoms with Crippen molar-refractivity contribution >= 4 is 28.3 Å². The Bertz CT molecular complexity index is 494. The Balaban J connectivity index is 2.69. The summed E-state index contributed by atoms with van der Waals surface area (Å²) in [6.07, 6.45) is 4.10. The molecule has 4 nitrogen and oxygen atoms in total. The summed E-state index contributed by atoms with van der Waals surface area (Å²) >= 11 is 5.94. The summed E-state index contributed by atoms with van der Waals surface area (Å²) in [4.78, 5) is 16.3. The summed E-state index contributed by atoms with van der Waals surface area (Å²) in [7, 11) is -0.838. The first-order valence-corrected chi connectivity index (χ1v) is 8.80. The van der Waals surface area contributed by atoms with E-state index in [4.69, 9.17) is 11.6 Å². The van der Waals surface area contributed by atoms with Crippen molar-refractivity contribution in [3.05, 3.63) is 28.5 Å². The van der Waals surface area contributed by atoms with Crippen LogP contribution in [0.4, 0.5) is 0 Å². The molecule has 1 aromatic heterocycles. The molecule has 1 heterocycles. The number of nitrogens with one attached hydrogen (secondary N) is 1. The monoisotopic (exact) mass is 316 g/mol. The van der Waals surface area contributed by atoms with Crippen molar-refractivity contribution in [1.29, 1.82) is 0 Å². The Labute approximate surface area is 127 Å². The topological polar surface area (TPSA) is 59.1 Å². The summed E-state index contributed by atoms with van der Waals surface area (Å²) < 4.78 is 11.0. The smallest absolute Gasteiger partial charge is 0.251 e. The van der Waals surface area contributed by atoms with Crippen molar-refractivity contribution in [2.24, 2.45) is 0 Å². The molecule has 20 heavy (non-hydrogen) atoms. The molecule has 6 heteroatoms. The van der Waals surface area contributed by atoms with Gasteiger partial charge < -0.3 is 5.32 Å². The van der Waals surface area contributed by atoms with Gasteiger partial charge in [0, 0.05) is 40.1 Å². The number of hydrogen-bond acceptors (Lipinski definition) is 3. The van der Waals surface area contributed by atoms with Crippen LogP contribution in [0.1, 0.15) is 42.7 Å². The molecule has 1 amide bonds. The van der Waals surface area contributed by atoms with Gasteiger partial charge in [-0.2, -0.15) is 0 Å². The molecule has 0 saturated heterocycles. The second-order valence-corrected chi connectivity index (χ2v) is 6.80. The highest BCUT2D eigenvalue weighted by molar-refractivity contribution is 7.84. The summed E-state index contributed by atoms with van der Waals surface area (Å²) in [6.45, 7) is 3.95. The summed E-state index contributed by atoms with van der Waals surface area (Å²) in [5.74, 6) is 0.417. The lowest BCUT2D eigenvalue weighted by atomic mass is 10.1. The van der Waals surface area contributed by atoms with Crippen LogP contribution in [0.25, 0.3) is 0 Å². The van der Waals surface area contributed by atoms with Crippen LogP contribution < -0.4 is 5.32 Å². The summed E-state index contributed by atoms with van der Waals surface area (Å²) in [5.41, 5.74) is 1.35. The third-order valence-corrected chi connectivity index (χ3v) is 3.84. The largest absolute Gasteiger partial charge is 0.350 e. The molecule has 1 aromatic rings. The van der Waals surface area contributed by atoms with E-state index in [-0.39, 0.29) is 11.9 Å². The number of aromatic nitrogens is 1. The molecule has 112 valence electrons. The fourth-order valence-electron chi connectivity index (χ4n) is 1.79. The average molecular weight is 317 g/mol. The van der Waals surface area contributed by atoms with Gasteiger partial charge in [-0.05, 0) is 31.9 Å². The van der Waals surface area contributed by atoms with Crippen molar-refractivity contribution in [1.82, 2.24) is 10.3 Å². The Morgan fingerprint density at radius 1 is 1.50 bits per heavy atom. The molecule has 0 bridgehead atoms. The summed E-state index contributed by atoms with van der Waals surface area (Å²) in [5, 5.41) is 3.22. The standard InChI is InChI=1S/C14H21ClN2O2S/c1-4-5-12-8-11(9-13(15)17-12)14(18)16-10(2)6-7-20(3)19/h8-10H,4-7H2,1-3H3,(H,16,18). The van der Waals surface area contributed by atoms with Crippen LogP contribution in [-0.4, -0.2) is 33.2 Å². The number of halogens is 1. The Morgan fingerprint density at radius 3 is 2.80 bits per heavy atom. The van der Waals surface area contributed by atoms with Crippen LogP contribution in [-0.2, 0) is 17.2 Å². The number of hydrogen-bond donors (Lipinski definition) is 1. The Morgan fingerprint density at radius 2 is 2.20 bits per heavy atom. The van der Waals surface area contributed by atoms with Gasteiger partial charge in [0.2, 0.25) is 0 Å². The highest BCUT2D eigenvalue weighted by atomic mass is 35.5. The van der Waals surface area contributed by atoms with Crippen LogP contribution in [0.2, 0.25) is 5.15 Å². The van der Waals surface area contributed by atoms with Gasteiger partial charge in [0.1, 0.15) is 5.15 Å². The van der Waals surface area contributed by atoms with Gasteiger partial charge in [0.25, 0.3) is 5.91 Å². The molecule has 0 aromatic carbocycles. The number of carbonyl (C=O) groups excluding carboxylic acids is 1. The maximum absolute atomic E-state index is 12.1. The SMILES string of the molecule is CCCc1cc(C(=O)NC(C)CCS(C)=O)cc(Cl)n1. The molecule has 0 spiro atoms. The first-order valence-electron chi connectivity index (χ1n) is 6.69. The van der Waals surface area contributed by atoms with Gasteiger partial charge in [-0.1, -0.05) is 24.9 Å². The number of pyridine rings is 1. The average Bonchev–Trinajstić information content (AvgIpc) is 2.36. The van der Waals surface area contributed by atoms with E-state index in [0.29, 0.717) is 22.9 Å². The number of aryl methyl sites for hydroxylation is 1. The molecular weight excluding hydrogens is 296 g/mol. The minimum Gasteiger partial charge on any atom is -0.350 e. The minimum absolute atomic E-state index is 0.0204. The second-order valence-electron chi connectivity index (χ2n) is 4.86. The zero-order valence-electron chi connectivity index (χ0n) is 12.1. The molecule has 2 unspecified atom stereocenters. The predicted molar refractivity (Wildman–Crippen MR) is 83.7 cm³/mol. The van der Waals surface area contributed by atoms with Crippen LogP contribution in [0.3, 0.4) is 0 Å². The van der Waals surface area contributed by atoms with E-state index in [1.165, 1.54) is 0 Å². The summed E-state index contributed by atoms with van der Waals surface area (Å²) in [6, 6.07) is 3.32. The maximum Gasteiger partial charge on any atom is 0.251 e. The predicted octanol–water partition coefficient (Wildman–Crippen LogP) is 2.57. The van der Waals surface area contributed by atoms with E-state index in [1.807, 2.05) is 6.92 Å². The third-order valence-electron chi connectivity index (χ3n) is 2.83. The van der Waals surface area contributed by atoms with Gasteiger partial charge >= 0.3 is 0 Å². The molecular formula is C14H21ClN2O2S. The zero-order chi connectivity index (χ0) is 15.1. The first-order chi connectivity index (χ1) is 9.42. The zero-order valence-corrected chi connectivity index (χ0v) is 13.7. The van der Waals surface area contributed by atoms with Crippen LogP contribution >= 0.6 is 11.6 Å². The van der Waals surface area contributed by atoms with Crippen molar-refractivity contribution < 1.29 is 9.00 Å². The molecule has 0 aliphatic carbocycles. The fourth-order valence-corrected chi connectivity index (χ4v) is 2.70. The van der Waals surface area contributed by atoms with E-state index in [9.17, 15) is 9.00 Å². The molecule has 1 rings (SSSR count). The first kappa shape index (κ1) is 17.1. The molecule has 1 N–H and O–H groups in total. The molecule has 0 radical (unpaired) electrons. The van der Waals surface area contributed by atoms with Crippen LogP contribution in [0.5, 0.6) is 0 Å². The fraction of sp³-hybridized carbons (Fsp3) is 0.571. The maximum atomic E-state index is 12.1. The number of rotatable bonds is 7. The van der Waals surface area contributed by atoms with E-state index < -0.39 is 10.8 Å². The molecule has 0 aliphatic heterocycles. The van der Waals surface area contributed by atoms with Crippen LogP contribution in [0.15, 0.2) is 12.1 Å². The van der Waals surface area contributed by atoms with Crippen molar-refractivity contribution in [2.75, 3.05) is 12.0 Å². The lowest BCUT2D eigenvalue weighted by Crippen LogP contribution is -2.33. The normalized spacial score (nSPS) is 13.8.